The first-order chi connectivity index (χ1) is 20.0. The van der Waals surface area contributed by atoms with E-state index in [0.717, 1.165) is 20.1 Å². The number of carbonyl (C=O) groups is 2. The summed E-state index contributed by atoms with van der Waals surface area (Å²) >= 11 is 9.97. The molecule has 0 radical (unpaired) electrons. The molecule has 2 N–H and O–H groups in total. The van der Waals surface area contributed by atoms with Crippen molar-refractivity contribution in [3.8, 4) is 5.75 Å². The van der Waals surface area contributed by atoms with Crippen molar-refractivity contribution in [2.75, 3.05) is 30.0 Å². The Morgan fingerprint density at radius 3 is 2.61 bits per heavy atom. The maximum Gasteiger partial charge on any atom is 0.234 e. The average molecular weight is 626 g/mol. The zero-order chi connectivity index (χ0) is 28.4. The monoisotopic (exact) mass is 625 g/mol. The number of rotatable bonds is 13. The summed E-state index contributed by atoms with van der Waals surface area (Å²) in [5.74, 6) is 0.832. The molecule has 2 aromatic heterocycles. The lowest BCUT2D eigenvalue weighted by Crippen LogP contribution is -2.29. The topological polar surface area (TPSA) is 124 Å². The van der Waals surface area contributed by atoms with Crippen LogP contribution in [-0.2, 0) is 16.1 Å². The number of nitrogens with one attached hydrogen (secondary N) is 2. The van der Waals surface area contributed by atoms with Crippen LogP contribution in [0.3, 0.4) is 0 Å². The van der Waals surface area contributed by atoms with Crippen LogP contribution in [0.25, 0.3) is 10.2 Å². The first-order valence-electron chi connectivity index (χ1n) is 12.4. The fourth-order valence-electron chi connectivity index (χ4n) is 3.59. The SMILES string of the molecule is O=C(CSc1nc2ccc(NC(=O)CSc3nnnn3Cc3ccccc3)cc2s1)NCCOc1ccc(Cl)cc1. The minimum atomic E-state index is -0.167. The van der Waals surface area contributed by atoms with Gasteiger partial charge in [0.25, 0.3) is 0 Å². The number of anilines is 1. The standard InChI is InChI=1S/C27H24ClN7O3S3/c28-19-6-9-21(10-7-19)38-13-12-29-24(36)16-40-27-31-22-11-8-20(14-23(22)41-27)30-25(37)17-39-26-32-33-34-35(26)15-18-4-2-1-3-5-18/h1-11,14H,12-13,15-17H2,(H,29,36)(H,30,37). The number of aromatic nitrogens is 5. The minimum Gasteiger partial charge on any atom is -0.492 e. The first kappa shape index (κ1) is 28.9. The van der Waals surface area contributed by atoms with E-state index < -0.39 is 0 Å². The van der Waals surface area contributed by atoms with Gasteiger partial charge in [-0.1, -0.05) is 65.5 Å². The van der Waals surface area contributed by atoms with Crippen LogP contribution < -0.4 is 15.4 Å². The van der Waals surface area contributed by atoms with Gasteiger partial charge in [0.15, 0.2) is 4.34 Å². The highest BCUT2D eigenvalue weighted by Crippen LogP contribution is 2.31. The molecule has 0 aliphatic carbocycles. The predicted octanol–water partition coefficient (Wildman–Crippen LogP) is 5.00. The molecule has 0 aliphatic heterocycles. The van der Waals surface area contributed by atoms with Crippen LogP contribution in [0, 0.1) is 0 Å². The van der Waals surface area contributed by atoms with E-state index in [0.29, 0.717) is 41.3 Å². The van der Waals surface area contributed by atoms with Crippen LogP contribution in [0.1, 0.15) is 5.56 Å². The van der Waals surface area contributed by atoms with E-state index in [9.17, 15) is 9.59 Å². The van der Waals surface area contributed by atoms with E-state index in [-0.39, 0.29) is 23.3 Å². The average Bonchev–Trinajstić information content (AvgIpc) is 3.60. The van der Waals surface area contributed by atoms with Crippen LogP contribution in [0.2, 0.25) is 5.02 Å². The maximum absolute atomic E-state index is 12.6. The second-order valence-corrected chi connectivity index (χ2v) is 12.2. The summed E-state index contributed by atoms with van der Waals surface area (Å²) in [4.78, 5) is 29.4. The molecule has 2 amide bonds. The molecule has 14 heteroatoms. The Hall–Kier alpha value is -3.65. The molecule has 0 bridgehead atoms. The minimum absolute atomic E-state index is 0.103. The molecule has 0 aliphatic rings. The number of benzene rings is 3. The summed E-state index contributed by atoms with van der Waals surface area (Å²) in [6, 6.07) is 22.5. The van der Waals surface area contributed by atoms with Crippen molar-refractivity contribution in [2.24, 2.45) is 0 Å². The Kier molecular flexibility index (Phi) is 10.1. The lowest BCUT2D eigenvalue weighted by molar-refractivity contribution is -0.118. The molecule has 5 rings (SSSR count). The van der Waals surface area contributed by atoms with Crippen LogP contribution in [-0.4, -0.2) is 61.7 Å². The molecule has 210 valence electrons. The van der Waals surface area contributed by atoms with Crippen molar-refractivity contribution in [3.05, 3.63) is 83.4 Å². The largest absolute Gasteiger partial charge is 0.492 e. The number of thioether (sulfide) groups is 2. The molecular weight excluding hydrogens is 602 g/mol. The summed E-state index contributed by atoms with van der Waals surface area (Å²) in [5, 5.41) is 18.8. The summed E-state index contributed by atoms with van der Waals surface area (Å²) in [6.45, 7) is 1.28. The highest BCUT2D eigenvalue weighted by Gasteiger charge is 2.13. The van der Waals surface area contributed by atoms with E-state index in [2.05, 4.69) is 31.1 Å². The molecule has 0 saturated carbocycles. The van der Waals surface area contributed by atoms with Crippen LogP contribution in [0.15, 0.2) is 82.3 Å². The van der Waals surface area contributed by atoms with Crippen molar-refractivity contribution in [1.82, 2.24) is 30.5 Å². The molecule has 10 nitrogen and oxygen atoms in total. The van der Waals surface area contributed by atoms with Gasteiger partial charge in [-0.15, -0.1) is 16.4 Å². The lowest BCUT2D eigenvalue weighted by Gasteiger charge is -2.07. The van der Waals surface area contributed by atoms with Gasteiger partial charge in [0, 0.05) is 10.7 Å². The number of halogens is 1. The third-order valence-electron chi connectivity index (χ3n) is 5.49. The first-order valence-corrected chi connectivity index (χ1v) is 15.6. The summed E-state index contributed by atoms with van der Waals surface area (Å²) in [6.07, 6.45) is 0. The molecule has 41 heavy (non-hydrogen) atoms. The maximum atomic E-state index is 12.6. The summed E-state index contributed by atoms with van der Waals surface area (Å²) in [5.41, 5.74) is 2.55. The van der Waals surface area contributed by atoms with E-state index in [1.807, 2.05) is 48.5 Å². The second kappa shape index (κ2) is 14.3. The van der Waals surface area contributed by atoms with Gasteiger partial charge in [0.2, 0.25) is 17.0 Å². The molecule has 5 aromatic rings. The number of hydrogen-bond donors (Lipinski definition) is 2. The third-order valence-corrected chi connectivity index (χ3v) is 8.86. The van der Waals surface area contributed by atoms with Gasteiger partial charge in [-0.2, -0.15) is 0 Å². The van der Waals surface area contributed by atoms with Crippen LogP contribution in [0.4, 0.5) is 5.69 Å². The number of hydrogen-bond acceptors (Lipinski definition) is 10. The molecule has 3 aromatic carbocycles. The highest BCUT2D eigenvalue weighted by molar-refractivity contribution is 8.01. The van der Waals surface area contributed by atoms with Gasteiger partial charge in [0.1, 0.15) is 12.4 Å². The number of thiazole rings is 1. The van der Waals surface area contributed by atoms with Crippen molar-refractivity contribution < 1.29 is 14.3 Å². The molecule has 0 saturated heterocycles. The quantitative estimate of drug-likeness (QED) is 0.137. The van der Waals surface area contributed by atoms with Gasteiger partial charge in [0.05, 0.1) is 34.8 Å². The van der Waals surface area contributed by atoms with E-state index >= 15 is 0 Å². The fourth-order valence-corrected chi connectivity index (χ4v) is 6.33. The molecular formula is C27H24ClN7O3S3. The van der Waals surface area contributed by atoms with Gasteiger partial charge in [-0.05, 0) is 58.5 Å². The van der Waals surface area contributed by atoms with Gasteiger partial charge in [-0.25, -0.2) is 9.67 Å². The van der Waals surface area contributed by atoms with Crippen molar-refractivity contribution in [3.63, 3.8) is 0 Å². The number of tetrazole rings is 1. The Labute approximate surface area is 253 Å². The molecule has 0 unspecified atom stereocenters. The van der Waals surface area contributed by atoms with E-state index in [1.165, 1.54) is 34.9 Å². The number of amides is 2. The third kappa shape index (κ3) is 8.67. The van der Waals surface area contributed by atoms with Gasteiger partial charge >= 0.3 is 0 Å². The molecule has 0 spiro atoms. The Balaban J connectivity index is 1.05. The van der Waals surface area contributed by atoms with Crippen LogP contribution >= 0.6 is 46.5 Å². The van der Waals surface area contributed by atoms with Crippen molar-refractivity contribution in [2.45, 2.75) is 16.0 Å². The zero-order valence-corrected chi connectivity index (χ0v) is 24.7. The Bertz CT molecular complexity index is 1610. The Morgan fingerprint density at radius 2 is 1.78 bits per heavy atom. The summed E-state index contributed by atoms with van der Waals surface area (Å²) < 4.78 is 8.95. The fraction of sp³-hybridized carbons (Fsp3) is 0.185. The molecule has 2 heterocycles. The molecule has 0 atom stereocenters. The van der Waals surface area contributed by atoms with Gasteiger partial charge < -0.3 is 15.4 Å². The second-order valence-electron chi connectivity index (χ2n) is 8.54. The van der Waals surface area contributed by atoms with Crippen LogP contribution in [0.5, 0.6) is 5.75 Å². The van der Waals surface area contributed by atoms with Crippen molar-refractivity contribution >= 4 is 74.2 Å². The van der Waals surface area contributed by atoms with E-state index in [1.54, 1.807) is 28.9 Å². The van der Waals surface area contributed by atoms with E-state index in [4.69, 9.17) is 16.3 Å². The molecule has 0 fully saturated rings. The normalized spacial score (nSPS) is 11.0. The van der Waals surface area contributed by atoms with Crippen molar-refractivity contribution in [1.29, 1.82) is 0 Å². The number of fused-ring (bicyclic) bond motifs is 1. The smallest absolute Gasteiger partial charge is 0.234 e. The summed E-state index contributed by atoms with van der Waals surface area (Å²) in [7, 11) is 0. The highest BCUT2D eigenvalue weighted by atomic mass is 35.5. The lowest BCUT2D eigenvalue weighted by atomic mass is 10.2. The Morgan fingerprint density at radius 1 is 0.976 bits per heavy atom. The van der Waals surface area contributed by atoms with Gasteiger partial charge in [-0.3, -0.25) is 9.59 Å². The number of carbonyl (C=O) groups excluding carboxylic acids is 2. The zero-order valence-electron chi connectivity index (χ0n) is 21.5. The number of nitrogens with zero attached hydrogens (tertiary/aromatic N) is 5. The predicted molar refractivity (Wildman–Crippen MR) is 163 cm³/mol. The number of ether oxygens (including phenoxy) is 1.